The number of rotatable bonds is 3. The van der Waals surface area contributed by atoms with Crippen molar-refractivity contribution in [3.63, 3.8) is 0 Å². The van der Waals surface area contributed by atoms with Crippen molar-refractivity contribution in [2.75, 3.05) is 12.3 Å². The van der Waals surface area contributed by atoms with Crippen molar-refractivity contribution < 1.29 is 12.9 Å². The maximum atomic E-state index is 11.9. The van der Waals surface area contributed by atoms with E-state index in [9.17, 15) is 8.42 Å². The fourth-order valence-electron chi connectivity index (χ4n) is 2.08. The van der Waals surface area contributed by atoms with Crippen molar-refractivity contribution in [2.45, 2.75) is 32.7 Å². The lowest BCUT2D eigenvalue weighted by Gasteiger charge is -2.21. The number of sulfonamides is 1. The van der Waals surface area contributed by atoms with Crippen molar-refractivity contribution in [3.8, 4) is 0 Å². The molecule has 1 aromatic heterocycles. The summed E-state index contributed by atoms with van der Waals surface area (Å²) in [5.74, 6) is 0.858. The zero-order valence-electron chi connectivity index (χ0n) is 9.51. The van der Waals surface area contributed by atoms with Crippen molar-refractivity contribution in [2.24, 2.45) is 0 Å². The first-order valence-electron chi connectivity index (χ1n) is 5.47. The molecule has 0 aliphatic carbocycles. The Labute approximate surface area is 95.5 Å². The number of hydrogen-bond acceptors (Lipinski definition) is 4. The Kier molecular flexibility index (Phi) is 3.03. The van der Waals surface area contributed by atoms with Gasteiger partial charge in [-0.25, -0.2) is 8.42 Å². The normalized spacial score (nSPS) is 22.8. The molecule has 2 heterocycles. The van der Waals surface area contributed by atoms with Gasteiger partial charge < -0.3 is 4.52 Å². The summed E-state index contributed by atoms with van der Waals surface area (Å²) in [6, 6.07) is 1.68. The second-order valence-corrected chi connectivity index (χ2v) is 6.24. The van der Waals surface area contributed by atoms with Gasteiger partial charge in [-0.3, -0.25) is 0 Å². The molecule has 1 fully saturated rings. The van der Waals surface area contributed by atoms with Crippen LogP contribution in [0, 0.1) is 6.92 Å². The smallest absolute Gasteiger partial charge is 0.214 e. The van der Waals surface area contributed by atoms with Gasteiger partial charge in [0.15, 0.2) is 0 Å². The van der Waals surface area contributed by atoms with Gasteiger partial charge in [-0.05, 0) is 26.7 Å². The molecule has 16 heavy (non-hydrogen) atoms. The van der Waals surface area contributed by atoms with Crippen LogP contribution in [0.25, 0.3) is 0 Å². The fraction of sp³-hybridized carbons (Fsp3) is 0.700. The Bertz CT molecular complexity index is 466. The van der Waals surface area contributed by atoms with Gasteiger partial charge in [0.25, 0.3) is 0 Å². The first-order chi connectivity index (χ1) is 7.54. The van der Waals surface area contributed by atoms with E-state index in [-0.39, 0.29) is 11.8 Å². The summed E-state index contributed by atoms with van der Waals surface area (Å²) in [7, 11) is -3.13. The van der Waals surface area contributed by atoms with Crippen molar-refractivity contribution in [1.29, 1.82) is 0 Å². The molecule has 0 aromatic carbocycles. The van der Waals surface area contributed by atoms with Crippen LogP contribution in [0.15, 0.2) is 10.6 Å². The molecule has 0 saturated carbocycles. The lowest BCUT2D eigenvalue weighted by Crippen LogP contribution is -2.32. The van der Waals surface area contributed by atoms with E-state index in [2.05, 4.69) is 5.16 Å². The van der Waals surface area contributed by atoms with E-state index in [1.165, 1.54) is 0 Å². The molecule has 1 atom stereocenters. The standard InChI is InChI=1S/C10H16N2O3S/c1-3-16(13,14)12-6-4-5-10(12)9-7-8(2)15-11-9/h7,10H,3-6H2,1-2H3. The Morgan fingerprint density at radius 1 is 1.62 bits per heavy atom. The highest BCUT2D eigenvalue weighted by atomic mass is 32.2. The van der Waals surface area contributed by atoms with Crippen LogP contribution in [0.5, 0.6) is 0 Å². The zero-order valence-corrected chi connectivity index (χ0v) is 10.3. The van der Waals surface area contributed by atoms with E-state index in [4.69, 9.17) is 4.52 Å². The first kappa shape index (κ1) is 11.6. The van der Waals surface area contributed by atoms with Crippen LogP contribution >= 0.6 is 0 Å². The number of aromatic nitrogens is 1. The highest BCUT2D eigenvalue weighted by Crippen LogP contribution is 2.33. The van der Waals surface area contributed by atoms with Gasteiger partial charge in [-0.1, -0.05) is 5.16 Å². The van der Waals surface area contributed by atoms with Crippen LogP contribution in [0.3, 0.4) is 0 Å². The van der Waals surface area contributed by atoms with E-state index < -0.39 is 10.0 Å². The van der Waals surface area contributed by atoms with E-state index in [1.54, 1.807) is 11.2 Å². The van der Waals surface area contributed by atoms with Crippen LogP contribution < -0.4 is 0 Å². The third-order valence-electron chi connectivity index (χ3n) is 2.91. The van der Waals surface area contributed by atoms with Gasteiger partial charge in [0.2, 0.25) is 10.0 Å². The monoisotopic (exact) mass is 244 g/mol. The van der Waals surface area contributed by atoms with Crippen LogP contribution in [0.2, 0.25) is 0 Å². The van der Waals surface area contributed by atoms with Gasteiger partial charge in [0.1, 0.15) is 11.5 Å². The van der Waals surface area contributed by atoms with Crippen LogP contribution in [-0.4, -0.2) is 30.2 Å². The Hall–Kier alpha value is -0.880. The summed E-state index contributed by atoms with van der Waals surface area (Å²) in [6.45, 7) is 4.07. The molecule has 1 unspecified atom stereocenters. The minimum absolute atomic E-state index is 0.137. The summed E-state index contributed by atoms with van der Waals surface area (Å²) in [4.78, 5) is 0. The largest absolute Gasteiger partial charge is 0.361 e. The Balaban J connectivity index is 2.28. The topological polar surface area (TPSA) is 63.4 Å². The Morgan fingerprint density at radius 3 is 2.94 bits per heavy atom. The minimum Gasteiger partial charge on any atom is -0.361 e. The quantitative estimate of drug-likeness (QED) is 0.807. The average Bonchev–Trinajstić information content (AvgIpc) is 2.85. The summed E-state index contributed by atoms with van der Waals surface area (Å²) in [6.07, 6.45) is 1.71. The van der Waals surface area contributed by atoms with Gasteiger partial charge in [-0.2, -0.15) is 4.31 Å². The molecule has 5 nitrogen and oxygen atoms in total. The van der Waals surface area contributed by atoms with Crippen molar-refractivity contribution >= 4 is 10.0 Å². The van der Waals surface area contributed by atoms with Gasteiger partial charge >= 0.3 is 0 Å². The van der Waals surface area contributed by atoms with E-state index in [0.717, 1.165) is 24.3 Å². The maximum absolute atomic E-state index is 11.9. The maximum Gasteiger partial charge on any atom is 0.214 e. The highest BCUT2D eigenvalue weighted by Gasteiger charge is 2.35. The molecule has 1 saturated heterocycles. The molecule has 0 N–H and O–H groups in total. The first-order valence-corrected chi connectivity index (χ1v) is 7.08. The zero-order chi connectivity index (χ0) is 11.8. The molecule has 0 bridgehead atoms. The number of aryl methyl sites for hydroxylation is 1. The summed E-state index contributed by atoms with van der Waals surface area (Å²) >= 11 is 0. The highest BCUT2D eigenvalue weighted by molar-refractivity contribution is 7.89. The van der Waals surface area contributed by atoms with Crippen molar-refractivity contribution in [1.82, 2.24) is 9.46 Å². The second kappa shape index (κ2) is 4.18. The molecule has 0 amide bonds. The molecule has 90 valence electrons. The molecule has 1 aliphatic heterocycles. The SMILES string of the molecule is CCS(=O)(=O)N1CCCC1c1cc(C)on1. The van der Waals surface area contributed by atoms with Gasteiger partial charge in [0.05, 0.1) is 11.8 Å². The molecule has 0 radical (unpaired) electrons. The van der Waals surface area contributed by atoms with Crippen molar-refractivity contribution in [3.05, 3.63) is 17.5 Å². The predicted molar refractivity (Wildman–Crippen MR) is 59.4 cm³/mol. The van der Waals surface area contributed by atoms with Gasteiger partial charge in [0, 0.05) is 12.6 Å². The van der Waals surface area contributed by atoms with Crippen LogP contribution in [0.4, 0.5) is 0 Å². The lowest BCUT2D eigenvalue weighted by molar-refractivity contribution is 0.350. The van der Waals surface area contributed by atoms with E-state index in [0.29, 0.717) is 6.54 Å². The molecule has 1 aromatic rings. The summed E-state index contributed by atoms with van der Waals surface area (Å²) < 4.78 is 30.3. The van der Waals surface area contributed by atoms with E-state index >= 15 is 0 Å². The molecule has 6 heteroatoms. The fourth-order valence-corrected chi connectivity index (χ4v) is 3.42. The summed E-state index contributed by atoms with van der Waals surface area (Å²) in [5.41, 5.74) is 0.729. The molecular weight excluding hydrogens is 228 g/mol. The summed E-state index contributed by atoms with van der Waals surface area (Å²) in [5, 5.41) is 3.91. The third kappa shape index (κ3) is 1.99. The van der Waals surface area contributed by atoms with Crippen LogP contribution in [-0.2, 0) is 10.0 Å². The molecule has 2 rings (SSSR count). The second-order valence-electron chi connectivity index (χ2n) is 4.03. The predicted octanol–water partition coefficient (Wildman–Crippen LogP) is 1.47. The number of hydrogen-bond donors (Lipinski definition) is 0. The van der Waals surface area contributed by atoms with Crippen LogP contribution in [0.1, 0.15) is 37.3 Å². The third-order valence-corrected chi connectivity index (χ3v) is 4.79. The van der Waals surface area contributed by atoms with Gasteiger partial charge in [-0.15, -0.1) is 0 Å². The molecule has 1 aliphatic rings. The molecule has 0 spiro atoms. The minimum atomic E-state index is -3.13. The molecular formula is C10H16N2O3S. The average molecular weight is 244 g/mol. The Morgan fingerprint density at radius 2 is 2.38 bits per heavy atom. The lowest BCUT2D eigenvalue weighted by atomic mass is 10.1. The van der Waals surface area contributed by atoms with E-state index in [1.807, 2.05) is 13.0 Å². The number of nitrogens with zero attached hydrogens (tertiary/aromatic N) is 2.